The number of carbonyl (C=O) groups is 1. The molecule has 0 heterocycles. The van der Waals surface area contributed by atoms with Crippen molar-refractivity contribution in [2.75, 3.05) is 0 Å². The average Bonchev–Trinajstić information content (AvgIpc) is 2.17. The highest BCUT2D eigenvalue weighted by atomic mass is 79.9. The van der Waals surface area contributed by atoms with Gasteiger partial charge in [-0.3, -0.25) is 4.79 Å². The molecule has 0 fully saturated rings. The molecule has 1 atom stereocenters. The number of benzene rings is 1. The van der Waals surface area contributed by atoms with E-state index in [4.69, 9.17) is 0 Å². The van der Waals surface area contributed by atoms with Gasteiger partial charge >= 0.3 is 5.51 Å². The first kappa shape index (κ1) is 14.6. The van der Waals surface area contributed by atoms with Crippen LogP contribution in [0.25, 0.3) is 0 Å². The van der Waals surface area contributed by atoms with E-state index in [0.29, 0.717) is 5.56 Å². The van der Waals surface area contributed by atoms with Crippen LogP contribution < -0.4 is 0 Å². The van der Waals surface area contributed by atoms with E-state index in [1.165, 1.54) is 13.0 Å². The van der Waals surface area contributed by atoms with Crippen LogP contribution in [0.3, 0.4) is 0 Å². The number of halogens is 4. The number of alkyl halides is 4. The van der Waals surface area contributed by atoms with Gasteiger partial charge in [-0.05, 0) is 37.2 Å². The smallest absolute Gasteiger partial charge is 0.298 e. The Balaban J connectivity index is 3.17. The van der Waals surface area contributed by atoms with Gasteiger partial charge in [0, 0.05) is 4.90 Å². The number of thioether (sulfide) groups is 1. The maximum absolute atomic E-state index is 12.3. The Morgan fingerprint density at radius 3 is 2.47 bits per heavy atom. The van der Waals surface area contributed by atoms with Crippen molar-refractivity contribution in [3.05, 3.63) is 29.3 Å². The quantitative estimate of drug-likeness (QED) is 0.595. The molecular formula is C11H10BrF3OS. The summed E-state index contributed by atoms with van der Waals surface area (Å²) in [5.74, 6) is -0.223. The topological polar surface area (TPSA) is 17.1 Å². The summed E-state index contributed by atoms with van der Waals surface area (Å²) in [5.41, 5.74) is -3.18. The molecule has 0 aliphatic carbocycles. The summed E-state index contributed by atoms with van der Waals surface area (Å²) in [6.45, 7) is 3.11. The van der Waals surface area contributed by atoms with Gasteiger partial charge in [-0.1, -0.05) is 33.6 Å². The van der Waals surface area contributed by atoms with Gasteiger partial charge < -0.3 is 0 Å². The van der Waals surface area contributed by atoms with Crippen LogP contribution in [0.1, 0.15) is 22.9 Å². The van der Waals surface area contributed by atoms with E-state index in [2.05, 4.69) is 15.9 Å². The van der Waals surface area contributed by atoms with Crippen molar-refractivity contribution in [2.24, 2.45) is 0 Å². The minimum absolute atomic E-state index is 0.0557. The number of Topliss-reactive ketones (excluding diaryl/α,β-unsaturated/α-hetero) is 1. The van der Waals surface area contributed by atoms with Crippen LogP contribution in [-0.2, 0) is 4.79 Å². The van der Waals surface area contributed by atoms with E-state index < -0.39 is 10.3 Å². The molecule has 1 aromatic rings. The number of rotatable bonds is 3. The largest absolute Gasteiger partial charge is 0.446 e. The summed E-state index contributed by atoms with van der Waals surface area (Å²) in [5, 5.41) is 0. The third-order valence-corrected chi connectivity index (χ3v) is 3.98. The van der Waals surface area contributed by atoms with E-state index in [1.54, 1.807) is 19.1 Å². The molecule has 0 saturated carbocycles. The minimum Gasteiger partial charge on any atom is -0.298 e. The maximum Gasteiger partial charge on any atom is 0.446 e. The van der Waals surface area contributed by atoms with Crippen LogP contribution in [0.5, 0.6) is 0 Å². The highest BCUT2D eigenvalue weighted by Gasteiger charge is 2.31. The van der Waals surface area contributed by atoms with E-state index >= 15 is 0 Å². The third-order valence-electron chi connectivity index (χ3n) is 2.02. The summed E-state index contributed by atoms with van der Waals surface area (Å²) in [6, 6.07) is 4.58. The fourth-order valence-electron chi connectivity index (χ4n) is 1.30. The van der Waals surface area contributed by atoms with Crippen LogP contribution >= 0.6 is 27.7 Å². The zero-order valence-corrected chi connectivity index (χ0v) is 11.5. The van der Waals surface area contributed by atoms with E-state index in [-0.39, 0.29) is 22.4 Å². The minimum atomic E-state index is -4.35. The van der Waals surface area contributed by atoms with Gasteiger partial charge in [-0.15, -0.1) is 0 Å². The Kier molecular flexibility index (Phi) is 4.66. The molecule has 1 rings (SSSR count). The van der Waals surface area contributed by atoms with Crippen molar-refractivity contribution < 1.29 is 18.0 Å². The lowest BCUT2D eigenvalue weighted by atomic mass is 10.1. The summed E-state index contributed by atoms with van der Waals surface area (Å²) < 4.78 is 37.0. The number of hydrogen-bond acceptors (Lipinski definition) is 2. The van der Waals surface area contributed by atoms with Gasteiger partial charge in [0.2, 0.25) is 0 Å². The van der Waals surface area contributed by atoms with Gasteiger partial charge in [0.15, 0.2) is 0 Å². The monoisotopic (exact) mass is 326 g/mol. The van der Waals surface area contributed by atoms with E-state index in [0.717, 1.165) is 5.56 Å². The maximum atomic E-state index is 12.3. The summed E-state index contributed by atoms with van der Waals surface area (Å²) in [4.78, 5) is 10.6. The molecule has 0 aromatic heterocycles. The summed E-state index contributed by atoms with van der Waals surface area (Å²) in [6.07, 6.45) is 0. The van der Waals surface area contributed by atoms with Crippen LogP contribution in [0.4, 0.5) is 13.2 Å². The highest BCUT2D eigenvalue weighted by molar-refractivity contribution is 9.09. The van der Waals surface area contributed by atoms with Crippen LogP contribution in [-0.4, -0.2) is 11.3 Å². The molecule has 1 aromatic carbocycles. The predicted octanol–water partition coefficient (Wildman–Crippen LogP) is 4.63. The van der Waals surface area contributed by atoms with Crippen molar-refractivity contribution in [1.82, 2.24) is 0 Å². The zero-order chi connectivity index (χ0) is 13.2. The fraction of sp³-hybridized carbons (Fsp3) is 0.364. The van der Waals surface area contributed by atoms with Crippen molar-refractivity contribution in [2.45, 2.75) is 29.1 Å². The first-order valence-corrected chi connectivity index (χ1v) is 6.45. The molecule has 0 aliphatic heterocycles. The van der Waals surface area contributed by atoms with Crippen molar-refractivity contribution >= 4 is 33.5 Å². The van der Waals surface area contributed by atoms with Crippen LogP contribution in [0.15, 0.2) is 23.1 Å². The second-order valence-electron chi connectivity index (χ2n) is 3.56. The summed E-state index contributed by atoms with van der Waals surface area (Å²) >= 11 is 2.91. The Hall–Kier alpha value is -0.490. The lowest BCUT2D eigenvalue weighted by Crippen LogP contribution is -2.06. The van der Waals surface area contributed by atoms with E-state index in [9.17, 15) is 18.0 Å². The molecule has 1 unspecified atom stereocenters. The lowest BCUT2D eigenvalue weighted by Gasteiger charge is -2.14. The molecule has 0 amide bonds. The molecular weight excluding hydrogens is 317 g/mol. The molecule has 1 nitrogen and oxygen atoms in total. The second-order valence-corrected chi connectivity index (χ2v) is 5.58. The normalized spacial score (nSPS) is 13.5. The molecule has 0 saturated heterocycles. The fourth-order valence-corrected chi connectivity index (χ4v) is 2.51. The Bertz CT molecular complexity index is 431. The second kappa shape index (κ2) is 5.44. The third kappa shape index (κ3) is 4.35. The summed E-state index contributed by atoms with van der Waals surface area (Å²) in [7, 11) is 0. The molecule has 0 bridgehead atoms. The lowest BCUT2D eigenvalue weighted by molar-refractivity contribution is -0.116. The van der Waals surface area contributed by atoms with Crippen molar-refractivity contribution in [3.8, 4) is 0 Å². The van der Waals surface area contributed by atoms with Gasteiger partial charge in [0.1, 0.15) is 5.78 Å². The average molecular weight is 327 g/mol. The molecule has 6 heteroatoms. The van der Waals surface area contributed by atoms with Crippen molar-refractivity contribution in [3.63, 3.8) is 0 Å². The van der Waals surface area contributed by atoms with Crippen LogP contribution in [0.2, 0.25) is 0 Å². The first-order valence-electron chi connectivity index (χ1n) is 4.71. The standard InChI is InChI=1S/C11H10BrF3OS/c1-6-3-4-9(17-11(13,14)15)8(5-6)10(12)7(2)16/h3-5,10H,1-2H3. The van der Waals surface area contributed by atoms with Gasteiger partial charge in [0.05, 0.1) is 4.83 Å². The van der Waals surface area contributed by atoms with Gasteiger partial charge in [0.25, 0.3) is 0 Å². The Morgan fingerprint density at radius 2 is 2.00 bits per heavy atom. The number of aryl methyl sites for hydroxylation is 1. The molecule has 94 valence electrons. The number of carbonyl (C=O) groups excluding carboxylic acids is 1. The molecule has 0 spiro atoms. The van der Waals surface area contributed by atoms with Crippen molar-refractivity contribution in [1.29, 1.82) is 0 Å². The number of ketones is 1. The zero-order valence-electron chi connectivity index (χ0n) is 9.14. The van der Waals surface area contributed by atoms with Gasteiger partial charge in [-0.2, -0.15) is 13.2 Å². The molecule has 0 radical (unpaired) electrons. The number of hydrogen-bond donors (Lipinski definition) is 0. The van der Waals surface area contributed by atoms with Gasteiger partial charge in [-0.25, -0.2) is 0 Å². The molecule has 0 aliphatic rings. The SMILES string of the molecule is CC(=O)C(Br)c1cc(C)ccc1SC(F)(F)F. The Morgan fingerprint density at radius 1 is 1.41 bits per heavy atom. The van der Waals surface area contributed by atoms with E-state index in [1.807, 2.05) is 0 Å². The Labute approximate surface area is 110 Å². The highest BCUT2D eigenvalue weighted by Crippen LogP contribution is 2.42. The first-order chi connectivity index (χ1) is 7.70. The predicted molar refractivity (Wildman–Crippen MR) is 65.4 cm³/mol. The van der Waals surface area contributed by atoms with Crippen LogP contribution in [0, 0.1) is 6.92 Å². The molecule has 17 heavy (non-hydrogen) atoms. The molecule has 0 N–H and O–H groups in total.